The van der Waals surface area contributed by atoms with Crippen LogP contribution in [0.4, 0.5) is 5.82 Å². The number of pyridine rings is 1. The van der Waals surface area contributed by atoms with Gasteiger partial charge in [0.2, 0.25) is 5.91 Å². The maximum absolute atomic E-state index is 12.3. The number of amides is 1. The highest BCUT2D eigenvalue weighted by Gasteiger charge is 2.30. The summed E-state index contributed by atoms with van der Waals surface area (Å²) in [5.41, 5.74) is 1.01. The van der Waals surface area contributed by atoms with Crippen LogP contribution in [0.2, 0.25) is 0 Å². The Hall–Kier alpha value is -1.58. The highest BCUT2D eigenvalue weighted by molar-refractivity contribution is 5.79. The first kappa shape index (κ1) is 14.8. The van der Waals surface area contributed by atoms with E-state index in [0.29, 0.717) is 11.9 Å². The van der Waals surface area contributed by atoms with Crippen molar-refractivity contribution in [3.8, 4) is 0 Å². The van der Waals surface area contributed by atoms with E-state index in [9.17, 15) is 4.79 Å². The molecular formula is C16H25N3O. The molecule has 0 radical (unpaired) electrons. The minimum Gasteiger partial charge on any atom is -0.368 e. The second-order valence-electron chi connectivity index (χ2n) is 5.68. The number of hydrogen-bond acceptors (Lipinski definition) is 3. The summed E-state index contributed by atoms with van der Waals surface area (Å²) >= 11 is 0. The highest BCUT2D eigenvalue weighted by atomic mass is 16.2. The predicted molar refractivity (Wildman–Crippen MR) is 81.7 cm³/mol. The van der Waals surface area contributed by atoms with Crippen LogP contribution in [0.5, 0.6) is 0 Å². The number of anilines is 1. The van der Waals surface area contributed by atoms with Crippen molar-refractivity contribution < 1.29 is 4.79 Å². The lowest BCUT2D eigenvalue weighted by molar-refractivity contribution is -0.135. The summed E-state index contributed by atoms with van der Waals surface area (Å²) in [6.07, 6.45) is 3.10. The van der Waals surface area contributed by atoms with Crippen LogP contribution < -0.4 is 5.32 Å². The second kappa shape index (κ2) is 6.73. The van der Waals surface area contributed by atoms with E-state index in [4.69, 9.17) is 0 Å². The lowest BCUT2D eigenvalue weighted by atomic mass is 10.1. The van der Waals surface area contributed by atoms with Crippen molar-refractivity contribution in [1.82, 2.24) is 9.88 Å². The van der Waals surface area contributed by atoms with Gasteiger partial charge in [0.25, 0.3) is 0 Å². The Bertz CT molecular complexity index is 461. The SMILES string of the molecule is CC[C@@H](C)C(=O)N1CCC[C@@H]1CNc1cccc(C)n1. The maximum atomic E-state index is 12.3. The third-order valence-electron chi connectivity index (χ3n) is 4.10. The van der Waals surface area contributed by atoms with Gasteiger partial charge in [0.1, 0.15) is 5.82 Å². The Morgan fingerprint density at radius 1 is 1.55 bits per heavy atom. The molecule has 1 N–H and O–H groups in total. The molecule has 0 spiro atoms. The molecule has 4 heteroatoms. The van der Waals surface area contributed by atoms with Crippen LogP contribution in [0.15, 0.2) is 18.2 Å². The summed E-state index contributed by atoms with van der Waals surface area (Å²) in [7, 11) is 0. The predicted octanol–water partition coefficient (Wildman–Crippen LogP) is 2.84. The standard InChI is InChI=1S/C16H25N3O/c1-4-12(2)16(20)19-10-6-8-14(19)11-17-15-9-5-7-13(3)18-15/h5,7,9,12,14H,4,6,8,10-11H2,1-3H3,(H,17,18)/t12-,14-/m1/s1. The summed E-state index contributed by atoms with van der Waals surface area (Å²) in [6, 6.07) is 6.27. The average Bonchev–Trinajstić information content (AvgIpc) is 2.92. The summed E-state index contributed by atoms with van der Waals surface area (Å²) < 4.78 is 0. The maximum Gasteiger partial charge on any atom is 0.225 e. The van der Waals surface area contributed by atoms with Crippen LogP contribution >= 0.6 is 0 Å². The fraction of sp³-hybridized carbons (Fsp3) is 0.625. The molecule has 2 atom stereocenters. The van der Waals surface area contributed by atoms with Gasteiger partial charge in [0.15, 0.2) is 0 Å². The third-order valence-corrected chi connectivity index (χ3v) is 4.10. The number of nitrogens with zero attached hydrogens (tertiary/aromatic N) is 2. The Labute approximate surface area is 121 Å². The molecule has 1 amide bonds. The molecule has 0 unspecified atom stereocenters. The van der Waals surface area contributed by atoms with Crippen LogP contribution in [0.3, 0.4) is 0 Å². The lowest BCUT2D eigenvalue weighted by Crippen LogP contribution is -2.42. The summed E-state index contributed by atoms with van der Waals surface area (Å²) in [6.45, 7) is 7.77. The zero-order valence-corrected chi connectivity index (χ0v) is 12.7. The molecule has 2 heterocycles. The number of rotatable bonds is 5. The van der Waals surface area contributed by atoms with Crippen molar-refractivity contribution in [3.05, 3.63) is 23.9 Å². The molecule has 0 aromatic carbocycles. The summed E-state index contributed by atoms with van der Waals surface area (Å²) in [5.74, 6) is 1.33. The van der Waals surface area contributed by atoms with Crippen LogP contribution in [0, 0.1) is 12.8 Å². The van der Waals surface area contributed by atoms with Crippen LogP contribution in [-0.4, -0.2) is 34.9 Å². The van der Waals surface area contributed by atoms with Crippen molar-refractivity contribution in [2.24, 2.45) is 5.92 Å². The molecule has 2 rings (SSSR count). The van der Waals surface area contributed by atoms with Gasteiger partial charge in [-0.2, -0.15) is 0 Å². The number of likely N-dealkylation sites (tertiary alicyclic amines) is 1. The minimum atomic E-state index is 0.132. The molecule has 1 aliphatic heterocycles. The van der Waals surface area contributed by atoms with Crippen LogP contribution in [0.25, 0.3) is 0 Å². The van der Waals surface area contributed by atoms with Gasteiger partial charge in [-0.15, -0.1) is 0 Å². The van der Waals surface area contributed by atoms with E-state index < -0.39 is 0 Å². The van der Waals surface area contributed by atoms with E-state index in [-0.39, 0.29) is 5.92 Å². The molecule has 0 saturated carbocycles. The van der Waals surface area contributed by atoms with Crippen molar-refractivity contribution in [2.75, 3.05) is 18.4 Å². The van der Waals surface area contributed by atoms with Gasteiger partial charge >= 0.3 is 0 Å². The Morgan fingerprint density at radius 2 is 2.35 bits per heavy atom. The van der Waals surface area contributed by atoms with Gasteiger partial charge in [0.05, 0.1) is 0 Å². The van der Waals surface area contributed by atoms with Gasteiger partial charge in [-0.25, -0.2) is 4.98 Å². The lowest BCUT2D eigenvalue weighted by Gasteiger charge is -2.27. The zero-order chi connectivity index (χ0) is 14.5. The first-order valence-electron chi connectivity index (χ1n) is 7.59. The molecule has 1 aromatic rings. The molecule has 1 fully saturated rings. The Balaban J connectivity index is 1.93. The first-order valence-corrected chi connectivity index (χ1v) is 7.59. The molecule has 4 nitrogen and oxygen atoms in total. The molecule has 0 aliphatic carbocycles. The van der Waals surface area contributed by atoms with E-state index in [1.165, 1.54) is 0 Å². The van der Waals surface area contributed by atoms with Crippen molar-refractivity contribution >= 4 is 11.7 Å². The van der Waals surface area contributed by atoms with Crippen molar-refractivity contribution in [3.63, 3.8) is 0 Å². The van der Waals surface area contributed by atoms with Crippen molar-refractivity contribution in [2.45, 2.75) is 46.1 Å². The second-order valence-corrected chi connectivity index (χ2v) is 5.68. The first-order chi connectivity index (χ1) is 9.61. The fourth-order valence-corrected chi connectivity index (χ4v) is 2.66. The van der Waals surface area contributed by atoms with E-state index in [1.807, 2.05) is 32.0 Å². The molecule has 110 valence electrons. The van der Waals surface area contributed by atoms with E-state index in [0.717, 1.165) is 43.9 Å². The highest BCUT2D eigenvalue weighted by Crippen LogP contribution is 2.21. The van der Waals surface area contributed by atoms with Gasteiger partial charge in [-0.3, -0.25) is 4.79 Å². The Morgan fingerprint density at radius 3 is 3.05 bits per heavy atom. The van der Waals surface area contributed by atoms with Gasteiger partial charge in [-0.1, -0.05) is 19.9 Å². The largest absolute Gasteiger partial charge is 0.368 e. The normalized spacial score (nSPS) is 19.9. The molecule has 1 saturated heterocycles. The number of aromatic nitrogens is 1. The molecule has 20 heavy (non-hydrogen) atoms. The van der Waals surface area contributed by atoms with Crippen LogP contribution in [0.1, 0.15) is 38.8 Å². The van der Waals surface area contributed by atoms with Gasteiger partial charge < -0.3 is 10.2 Å². The zero-order valence-electron chi connectivity index (χ0n) is 12.7. The van der Waals surface area contributed by atoms with Gasteiger partial charge in [0, 0.05) is 30.7 Å². The van der Waals surface area contributed by atoms with E-state index in [1.54, 1.807) is 0 Å². The monoisotopic (exact) mass is 275 g/mol. The number of nitrogens with one attached hydrogen (secondary N) is 1. The van der Waals surface area contributed by atoms with E-state index >= 15 is 0 Å². The molecule has 0 bridgehead atoms. The van der Waals surface area contributed by atoms with E-state index in [2.05, 4.69) is 22.1 Å². The summed E-state index contributed by atoms with van der Waals surface area (Å²) in [5, 5.41) is 3.36. The van der Waals surface area contributed by atoms with Crippen LogP contribution in [-0.2, 0) is 4.79 Å². The molecule has 1 aromatic heterocycles. The number of hydrogen-bond donors (Lipinski definition) is 1. The summed E-state index contributed by atoms with van der Waals surface area (Å²) in [4.78, 5) is 18.8. The molecule has 1 aliphatic rings. The van der Waals surface area contributed by atoms with Crippen molar-refractivity contribution in [1.29, 1.82) is 0 Å². The minimum absolute atomic E-state index is 0.132. The smallest absolute Gasteiger partial charge is 0.225 e. The Kier molecular flexibility index (Phi) is 4.99. The van der Waals surface area contributed by atoms with Gasteiger partial charge in [-0.05, 0) is 38.3 Å². The topological polar surface area (TPSA) is 45.2 Å². The number of carbonyl (C=O) groups is 1. The fourth-order valence-electron chi connectivity index (χ4n) is 2.66. The third kappa shape index (κ3) is 3.50. The number of carbonyl (C=O) groups excluding carboxylic acids is 1. The molecular weight excluding hydrogens is 250 g/mol. The number of aryl methyl sites for hydroxylation is 1. The quantitative estimate of drug-likeness (QED) is 0.898. The average molecular weight is 275 g/mol.